The molecule has 0 spiro atoms. The van der Waals surface area contributed by atoms with Crippen LogP contribution in [0.5, 0.6) is 0 Å². The number of esters is 1. The second-order valence-corrected chi connectivity index (χ2v) is 5.04. The van der Waals surface area contributed by atoms with Crippen LogP contribution in [0, 0.1) is 0 Å². The van der Waals surface area contributed by atoms with E-state index in [2.05, 4.69) is 12.1 Å². The van der Waals surface area contributed by atoms with Gasteiger partial charge < -0.3 is 10.5 Å². The molecule has 0 atom stereocenters. The topological polar surface area (TPSA) is 52.3 Å². The lowest BCUT2D eigenvalue weighted by Gasteiger charge is -2.07. The highest BCUT2D eigenvalue weighted by Crippen LogP contribution is 2.29. The van der Waals surface area contributed by atoms with Gasteiger partial charge in [-0.1, -0.05) is 30.3 Å². The fourth-order valence-corrected chi connectivity index (χ4v) is 2.60. The van der Waals surface area contributed by atoms with Crippen molar-refractivity contribution in [2.45, 2.75) is 10.6 Å². The predicted octanol–water partition coefficient (Wildman–Crippen LogP) is 3.35. The van der Waals surface area contributed by atoms with Crippen LogP contribution in [-0.2, 0) is 10.5 Å². The van der Waals surface area contributed by atoms with Crippen molar-refractivity contribution in [3.8, 4) is 0 Å². The van der Waals surface area contributed by atoms with Gasteiger partial charge in [0, 0.05) is 16.3 Å². The molecular formula is C15H15NO2S. The van der Waals surface area contributed by atoms with Gasteiger partial charge in [0.1, 0.15) is 0 Å². The predicted molar refractivity (Wildman–Crippen MR) is 78.2 cm³/mol. The zero-order chi connectivity index (χ0) is 13.7. The van der Waals surface area contributed by atoms with Gasteiger partial charge in [-0.3, -0.25) is 0 Å². The van der Waals surface area contributed by atoms with Crippen LogP contribution >= 0.6 is 11.8 Å². The lowest BCUT2D eigenvalue weighted by molar-refractivity contribution is 0.0600. The Labute approximate surface area is 116 Å². The maximum Gasteiger partial charge on any atom is 0.337 e. The van der Waals surface area contributed by atoms with Crippen LogP contribution in [0.2, 0.25) is 0 Å². The highest BCUT2D eigenvalue weighted by Gasteiger charge is 2.08. The molecule has 0 radical (unpaired) electrons. The van der Waals surface area contributed by atoms with Gasteiger partial charge in [0.15, 0.2) is 0 Å². The monoisotopic (exact) mass is 273 g/mol. The molecule has 2 rings (SSSR count). The Balaban J connectivity index is 2.13. The normalized spacial score (nSPS) is 10.2. The molecule has 0 aliphatic rings. The van der Waals surface area contributed by atoms with Gasteiger partial charge in [-0.25, -0.2) is 4.79 Å². The highest BCUT2D eigenvalue weighted by molar-refractivity contribution is 7.98. The number of carbonyl (C=O) groups excluding carboxylic acids is 1. The first-order chi connectivity index (χ1) is 9.20. The molecule has 2 aromatic rings. The van der Waals surface area contributed by atoms with Crippen LogP contribution in [-0.4, -0.2) is 13.1 Å². The third-order valence-corrected chi connectivity index (χ3v) is 3.81. The van der Waals surface area contributed by atoms with Gasteiger partial charge in [-0.2, -0.15) is 0 Å². The minimum absolute atomic E-state index is 0.346. The first-order valence-corrected chi connectivity index (χ1v) is 6.84. The Bertz CT molecular complexity index is 570. The summed E-state index contributed by atoms with van der Waals surface area (Å²) < 4.78 is 4.70. The molecule has 0 aliphatic heterocycles. The first kappa shape index (κ1) is 13.5. The molecule has 0 aliphatic carbocycles. The van der Waals surface area contributed by atoms with Crippen LogP contribution in [0.1, 0.15) is 15.9 Å². The molecule has 0 fully saturated rings. The Kier molecular flexibility index (Phi) is 4.47. The lowest BCUT2D eigenvalue weighted by Crippen LogP contribution is -2.02. The van der Waals surface area contributed by atoms with Crippen molar-refractivity contribution in [1.82, 2.24) is 0 Å². The number of ether oxygens (including phenoxy) is 1. The van der Waals surface area contributed by atoms with Crippen molar-refractivity contribution >= 4 is 23.4 Å². The van der Waals surface area contributed by atoms with Gasteiger partial charge in [0.2, 0.25) is 0 Å². The summed E-state index contributed by atoms with van der Waals surface area (Å²) in [6.07, 6.45) is 0. The van der Waals surface area contributed by atoms with E-state index in [1.165, 1.54) is 12.7 Å². The van der Waals surface area contributed by atoms with E-state index in [0.717, 1.165) is 10.6 Å². The molecule has 0 saturated carbocycles. The number of methoxy groups -OCH3 is 1. The van der Waals surface area contributed by atoms with E-state index >= 15 is 0 Å². The van der Waals surface area contributed by atoms with Crippen molar-refractivity contribution in [3.05, 3.63) is 59.7 Å². The summed E-state index contributed by atoms with van der Waals surface area (Å²) in [5, 5.41) is 0. The maximum atomic E-state index is 11.5. The molecule has 2 aromatic carbocycles. The number of carbonyl (C=O) groups is 1. The number of thioether (sulfide) groups is 1. The number of hydrogen-bond acceptors (Lipinski definition) is 4. The smallest absolute Gasteiger partial charge is 0.337 e. The van der Waals surface area contributed by atoms with E-state index in [1.807, 2.05) is 18.2 Å². The molecule has 0 heterocycles. The Morgan fingerprint density at radius 2 is 1.95 bits per heavy atom. The third kappa shape index (κ3) is 3.51. The molecule has 0 unspecified atom stereocenters. The van der Waals surface area contributed by atoms with E-state index in [1.54, 1.807) is 30.0 Å². The number of nitrogen functional groups attached to an aromatic ring is 1. The Hall–Kier alpha value is -1.94. The van der Waals surface area contributed by atoms with Gasteiger partial charge in [0.25, 0.3) is 0 Å². The summed E-state index contributed by atoms with van der Waals surface area (Å²) in [4.78, 5) is 12.4. The number of rotatable bonds is 4. The van der Waals surface area contributed by atoms with Gasteiger partial charge in [0.05, 0.1) is 12.7 Å². The van der Waals surface area contributed by atoms with E-state index < -0.39 is 0 Å². The van der Waals surface area contributed by atoms with Gasteiger partial charge >= 0.3 is 5.97 Å². The molecule has 3 nitrogen and oxygen atoms in total. The van der Waals surface area contributed by atoms with Crippen molar-refractivity contribution in [2.24, 2.45) is 0 Å². The van der Waals surface area contributed by atoms with E-state index in [0.29, 0.717) is 11.3 Å². The van der Waals surface area contributed by atoms with Gasteiger partial charge in [-0.15, -0.1) is 11.8 Å². The Morgan fingerprint density at radius 3 is 2.63 bits per heavy atom. The molecule has 98 valence electrons. The van der Waals surface area contributed by atoms with Crippen molar-refractivity contribution in [1.29, 1.82) is 0 Å². The average molecular weight is 273 g/mol. The third-order valence-electron chi connectivity index (χ3n) is 2.67. The standard InChI is InChI=1S/C15H15NO2S/c1-18-15(17)12-7-8-13(16)14(9-12)19-10-11-5-3-2-4-6-11/h2-9H,10,16H2,1H3. The van der Waals surface area contributed by atoms with Crippen LogP contribution in [0.25, 0.3) is 0 Å². The van der Waals surface area contributed by atoms with Crippen molar-refractivity contribution < 1.29 is 9.53 Å². The molecule has 0 saturated heterocycles. The second-order valence-electron chi connectivity index (χ2n) is 4.02. The van der Waals surface area contributed by atoms with E-state index in [4.69, 9.17) is 10.5 Å². The quantitative estimate of drug-likeness (QED) is 0.527. The van der Waals surface area contributed by atoms with Crippen LogP contribution in [0.4, 0.5) is 5.69 Å². The second kappa shape index (κ2) is 6.29. The number of hydrogen-bond donors (Lipinski definition) is 1. The fraction of sp³-hybridized carbons (Fsp3) is 0.133. The fourth-order valence-electron chi connectivity index (χ4n) is 1.64. The van der Waals surface area contributed by atoms with Gasteiger partial charge in [-0.05, 0) is 23.8 Å². The molecule has 19 heavy (non-hydrogen) atoms. The molecule has 0 amide bonds. The number of benzene rings is 2. The summed E-state index contributed by atoms with van der Waals surface area (Å²) in [6.45, 7) is 0. The molecule has 0 bridgehead atoms. The SMILES string of the molecule is COC(=O)c1ccc(N)c(SCc2ccccc2)c1. The van der Waals surface area contributed by atoms with Crippen LogP contribution < -0.4 is 5.73 Å². The minimum atomic E-state index is -0.346. The first-order valence-electron chi connectivity index (χ1n) is 5.85. The Morgan fingerprint density at radius 1 is 1.21 bits per heavy atom. The zero-order valence-electron chi connectivity index (χ0n) is 10.6. The molecule has 2 N–H and O–H groups in total. The molecule has 0 aromatic heterocycles. The van der Waals surface area contributed by atoms with Crippen LogP contribution in [0.3, 0.4) is 0 Å². The van der Waals surface area contributed by atoms with Crippen molar-refractivity contribution in [2.75, 3.05) is 12.8 Å². The lowest BCUT2D eigenvalue weighted by atomic mass is 10.2. The number of nitrogens with two attached hydrogens (primary N) is 1. The number of anilines is 1. The highest BCUT2D eigenvalue weighted by atomic mass is 32.2. The average Bonchev–Trinajstić information content (AvgIpc) is 2.46. The van der Waals surface area contributed by atoms with E-state index in [9.17, 15) is 4.79 Å². The largest absolute Gasteiger partial charge is 0.465 e. The van der Waals surface area contributed by atoms with Crippen LogP contribution in [0.15, 0.2) is 53.4 Å². The maximum absolute atomic E-state index is 11.5. The summed E-state index contributed by atoms with van der Waals surface area (Å²) in [7, 11) is 1.37. The zero-order valence-corrected chi connectivity index (χ0v) is 11.4. The summed E-state index contributed by atoms with van der Waals surface area (Å²) in [5.74, 6) is 0.469. The summed E-state index contributed by atoms with van der Waals surface area (Å²) >= 11 is 1.61. The summed E-state index contributed by atoms with van der Waals surface area (Å²) in [5.41, 5.74) is 8.34. The summed E-state index contributed by atoms with van der Waals surface area (Å²) in [6, 6.07) is 15.3. The minimum Gasteiger partial charge on any atom is -0.465 e. The van der Waals surface area contributed by atoms with E-state index in [-0.39, 0.29) is 5.97 Å². The molecular weight excluding hydrogens is 258 g/mol. The molecule has 4 heteroatoms. The van der Waals surface area contributed by atoms with Crippen molar-refractivity contribution in [3.63, 3.8) is 0 Å².